The average Bonchev–Trinajstić information content (AvgIpc) is 3.61. The Hall–Kier alpha value is -3.66. The topological polar surface area (TPSA) is 107 Å². The molecule has 9 nitrogen and oxygen atoms in total. The van der Waals surface area contributed by atoms with Crippen molar-refractivity contribution in [2.45, 2.75) is 37.8 Å². The molecule has 0 bridgehead atoms. The van der Waals surface area contributed by atoms with Crippen LogP contribution in [0.5, 0.6) is 5.75 Å². The summed E-state index contributed by atoms with van der Waals surface area (Å²) in [7, 11) is 3.98. The lowest BCUT2D eigenvalue weighted by molar-refractivity contribution is -0.123. The molecular formula is C31H38ClN7O2. The smallest absolute Gasteiger partial charge is 0.258 e. The van der Waals surface area contributed by atoms with Crippen molar-refractivity contribution in [1.82, 2.24) is 30.5 Å². The summed E-state index contributed by atoms with van der Waals surface area (Å²) in [5.74, 6) is 1.12. The Morgan fingerprint density at radius 2 is 1.90 bits per heavy atom. The number of likely N-dealkylation sites (N-methyl/N-ethyl adjacent to an activating group) is 1. The van der Waals surface area contributed by atoms with Gasteiger partial charge in [-0.05, 0) is 77.2 Å². The van der Waals surface area contributed by atoms with Crippen LogP contribution in [-0.4, -0.2) is 77.2 Å². The Morgan fingerprint density at radius 1 is 1.15 bits per heavy atom. The van der Waals surface area contributed by atoms with Gasteiger partial charge >= 0.3 is 0 Å². The number of hydrogen-bond donors (Lipinski definition) is 4. The number of ether oxygens (including phenoxy) is 1. The third-order valence-electron chi connectivity index (χ3n) is 7.91. The number of H-pyrrole nitrogens is 1. The number of nitrogens with zero attached hydrogens (tertiary/aromatic N) is 3. The molecule has 0 saturated carbocycles. The van der Waals surface area contributed by atoms with E-state index < -0.39 is 0 Å². The molecule has 1 atom stereocenters. The van der Waals surface area contributed by atoms with Crippen LogP contribution in [0.25, 0.3) is 22.6 Å². The van der Waals surface area contributed by atoms with Crippen molar-refractivity contribution >= 4 is 34.4 Å². The molecule has 0 spiro atoms. The number of fused-ring (bicyclic) bond motifs is 1. The molecule has 0 aliphatic carbocycles. The molecule has 4 aromatic rings. The van der Waals surface area contributed by atoms with Gasteiger partial charge in [0.25, 0.3) is 5.91 Å². The van der Waals surface area contributed by atoms with Crippen molar-refractivity contribution in [1.29, 1.82) is 0 Å². The van der Waals surface area contributed by atoms with E-state index in [0.29, 0.717) is 34.3 Å². The molecule has 5 rings (SSSR count). The number of carbonyl (C=O) groups excluding carboxylic acids is 1. The zero-order valence-corrected chi connectivity index (χ0v) is 24.8. The van der Waals surface area contributed by atoms with Crippen molar-refractivity contribution in [3.8, 4) is 17.1 Å². The van der Waals surface area contributed by atoms with Crippen molar-refractivity contribution in [2.24, 2.45) is 0 Å². The van der Waals surface area contributed by atoms with Gasteiger partial charge in [-0.2, -0.15) is 0 Å². The Morgan fingerprint density at radius 3 is 2.59 bits per heavy atom. The molecule has 3 heterocycles. The summed E-state index contributed by atoms with van der Waals surface area (Å²) in [5, 5.41) is 10.7. The summed E-state index contributed by atoms with van der Waals surface area (Å²) >= 11 is 6.69. The number of anilines is 1. The second-order valence-electron chi connectivity index (χ2n) is 11.6. The van der Waals surface area contributed by atoms with E-state index in [0.717, 1.165) is 37.2 Å². The first-order chi connectivity index (χ1) is 19.6. The van der Waals surface area contributed by atoms with Gasteiger partial charge in [0.05, 0.1) is 22.4 Å². The van der Waals surface area contributed by atoms with Gasteiger partial charge in [0.15, 0.2) is 12.3 Å². The maximum absolute atomic E-state index is 12.3. The van der Waals surface area contributed by atoms with Crippen LogP contribution in [0.3, 0.4) is 0 Å². The number of aromatic amines is 1. The summed E-state index contributed by atoms with van der Waals surface area (Å²) < 4.78 is 5.71. The SMILES string of the molecule is CN(C)C(C)(C)CNC(=O)COc1ccc(-c2nc3c(N[C@]4(Cc5ccccc5)CCNC4)c(Cl)cnc3[nH]2)cc1. The standard InChI is InChI=1S/C31H38ClN7O2/c1-30(2,39(3)4)19-35-25(40)18-41-23-12-10-22(11-13-23)28-36-27-26(24(32)17-34-29(27)37-28)38-31(14-15-33-20-31)16-21-8-6-5-7-9-21/h5-13,17,33H,14-16,18-20H2,1-4H3,(H,35,40)(H2,34,36,37,38)/t31-/m0/s1. The fourth-order valence-corrected chi connectivity index (χ4v) is 5.05. The second kappa shape index (κ2) is 12.1. The zero-order valence-electron chi connectivity index (χ0n) is 24.1. The molecule has 1 aliphatic rings. The van der Waals surface area contributed by atoms with Crippen LogP contribution >= 0.6 is 11.6 Å². The lowest BCUT2D eigenvalue weighted by Gasteiger charge is -2.32. The van der Waals surface area contributed by atoms with Crippen LogP contribution < -0.4 is 20.7 Å². The lowest BCUT2D eigenvalue weighted by Crippen LogP contribution is -2.48. The van der Waals surface area contributed by atoms with Gasteiger partial charge in [0, 0.05) is 24.2 Å². The molecule has 0 radical (unpaired) electrons. The first-order valence-electron chi connectivity index (χ1n) is 13.9. The van der Waals surface area contributed by atoms with Crippen LogP contribution in [0.2, 0.25) is 5.02 Å². The highest BCUT2D eigenvalue weighted by molar-refractivity contribution is 6.34. The molecule has 41 heavy (non-hydrogen) atoms. The van der Waals surface area contributed by atoms with Gasteiger partial charge in [0.2, 0.25) is 0 Å². The van der Waals surface area contributed by atoms with Crippen LogP contribution in [0.4, 0.5) is 5.69 Å². The van der Waals surface area contributed by atoms with E-state index in [1.807, 2.05) is 44.4 Å². The average molecular weight is 576 g/mol. The lowest BCUT2D eigenvalue weighted by atomic mass is 9.89. The molecule has 0 unspecified atom stereocenters. The van der Waals surface area contributed by atoms with E-state index in [4.69, 9.17) is 21.3 Å². The Balaban J connectivity index is 1.29. The number of nitrogens with one attached hydrogen (secondary N) is 4. The fourth-order valence-electron chi connectivity index (χ4n) is 4.87. The molecule has 2 aromatic carbocycles. The van der Waals surface area contributed by atoms with Crippen LogP contribution in [-0.2, 0) is 11.2 Å². The third kappa shape index (κ3) is 6.81. The van der Waals surface area contributed by atoms with Crippen LogP contribution in [0.1, 0.15) is 25.8 Å². The molecule has 1 saturated heterocycles. The van der Waals surface area contributed by atoms with Crippen molar-refractivity contribution in [2.75, 3.05) is 45.7 Å². The minimum absolute atomic E-state index is 0.0511. The number of hydrogen-bond acceptors (Lipinski definition) is 7. The first kappa shape index (κ1) is 28.9. The zero-order chi connectivity index (χ0) is 29.0. The molecule has 4 N–H and O–H groups in total. The van der Waals surface area contributed by atoms with E-state index in [-0.39, 0.29) is 23.6 Å². The van der Waals surface area contributed by atoms with Crippen molar-refractivity contribution in [3.63, 3.8) is 0 Å². The van der Waals surface area contributed by atoms with Crippen LogP contribution in [0, 0.1) is 0 Å². The number of imidazole rings is 1. The summed E-state index contributed by atoms with van der Waals surface area (Å²) in [6, 6.07) is 18.0. The Labute approximate surface area is 246 Å². The van der Waals surface area contributed by atoms with E-state index in [1.54, 1.807) is 6.20 Å². The maximum atomic E-state index is 12.3. The minimum Gasteiger partial charge on any atom is -0.484 e. The van der Waals surface area contributed by atoms with Crippen molar-refractivity contribution in [3.05, 3.63) is 71.4 Å². The minimum atomic E-state index is -0.189. The highest BCUT2D eigenvalue weighted by Gasteiger charge is 2.35. The largest absolute Gasteiger partial charge is 0.484 e. The maximum Gasteiger partial charge on any atom is 0.258 e. The number of aromatic nitrogens is 3. The van der Waals surface area contributed by atoms with Gasteiger partial charge < -0.3 is 30.6 Å². The monoisotopic (exact) mass is 575 g/mol. The normalized spacial score (nSPS) is 17.2. The van der Waals surface area contributed by atoms with Gasteiger partial charge in [-0.15, -0.1) is 0 Å². The van der Waals surface area contributed by atoms with Gasteiger partial charge in [-0.3, -0.25) is 4.79 Å². The fraction of sp³-hybridized carbons (Fsp3) is 0.387. The number of benzene rings is 2. The highest BCUT2D eigenvalue weighted by atomic mass is 35.5. The molecule has 10 heteroatoms. The van der Waals surface area contributed by atoms with Crippen molar-refractivity contribution < 1.29 is 9.53 Å². The number of pyridine rings is 1. The predicted octanol–water partition coefficient (Wildman–Crippen LogP) is 4.50. The number of carbonyl (C=O) groups is 1. The summed E-state index contributed by atoms with van der Waals surface area (Å²) in [6.45, 7) is 6.38. The predicted molar refractivity (Wildman–Crippen MR) is 165 cm³/mol. The molecule has 1 amide bonds. The highest BCUT2D eigenvalue weighted by Crippen LogP contribution is 2.35. The van der Waals surface area contributed by atoms with Gasteiger partial charge in [-0.1, -0.05) is 41.9 Å². The molecule has 2 aromatic heterocycles. The molecule has 216 valence electrons. The van der Waals surface area contributed by atoms with Gasteiger partial charge in [-0.25, -0.2) is 9.97 Å². The van der Waals surface area contributed by atoms with Gasteiger partial charge in [0.1, 0.15) is 17.1 Å². The third-order valence-corrected chi connectivity index (χ3v) is 8.20. The van der Waals surface area contributed by atoms with E-state index in [1.165, 1.54) is 5.56 Å². The summed E-state index contributed by atoms with van der Waals surface area (Å²) in [6.07, 6.45) is 3.49. The first-order valence-corrected chi connectivity index (χ1v) is 14.3. The van der Waals surface area contributed by atoms with Crippen LogP contribution in [0.15, 0.2) is 60.8 Å². The molecular weight excluding hydrogens is 538 g/mol. The molecule has 1 fully saturated rings. The summed E-state index contributed by atoms with van der Waals surface area (Å²) in [4.78, 5) is 27.1. The number of rotatable bonds is 11. The number of amides is 1. The number of halogens is 1. The van der Waals surface area contributed by atoms with E-state index in [2.05, 4.69) is 68.9 Å². The Kier molecular flexibility index (Phi) is 8.49. The second-order valence-corrected chi connectivity index (χ2v) is 12.0. The quantitative estimate of drug-likeness (QED) is 0.209. The molecule has 1 aliphatic heterocycles. The van der Waals surface area contributed by atoms with E-state index >= 15 is 0 Å². The summed E-state index contributed by atoms with van der Waals surface area (Å²) in [5.41, 5.74) is 3.94. The Bertz CT molecular complexity index is 1480. The van der Waals surface area contributed by atoms with E-state index in [9.17, 15) is 4.79 Å².